The Bertz CT molecular complexity index is 702. The number of nitrogens with zero attached hydrogens (tertiary/aromatic N) is 1. The molecule has 1 aromatic carbocycles. The normalized spacial score (nSPS) is 18.1. The van der Waals surface area contributed by atoms with Gasteiger partial charge in [-0.25, -0.2) is 17.5 Å². The molecule has 26 heavy (non-hydrogen) atoms. The number of hydrogen-bond acceptors (Lipinski definition) is 4. The SMILES string of the molecule is CCCC(C)(N)C(=O)N1CCC(NS(=O)(=O)c2ccc(F)cc2)CC1.Cl. The summed E-state index contributed by atoms with van der Waals surface area (Å²) in [7, 11) is -3.70. The molecule has 1 heterocycles. The number of nitrogens with one attached hydrogen (secondary N) is 1. The first-order valence-corrected chi connectivity index (χ1v) is 10.00. The minimum atomic E-state index is -3.70. The van der Waals surface area contributed by atoms with E-state index >= 15 is 0 Å². The van der Waals surface area contributed by atoms with Crippen LogP contribution in [0.1, 0.15) is 39.5 Å². The van der Waals surface area contributed by atoms with Crippen LogP contribution in [-0.2, 0) is 14.8 Å². The molecule has 0 bridgehead atoms. The van der Waals surface area contributed by atoms with Gasteiger partial charge in [0.1, 0.15) is 5.82 Å². The van der Waals surface area contributed by atoms with Gasteiger partial charge in [-0.1, -0.05) is 13.3 Å². The van der Waals surface area contributed by atoms with Gasteiger partial charge in [-0.3, -0.25) is 4.79 Å². The van der Waals surface area contributed by atoms with Crippen LogP contribution in [0.2, 0.25) is 0 Å². The molecule has 1 amide bonds. The van der Waals surface area contributed by atoms with Crippen molar-refractivity contribution in [1.29, 1.82) is 0 Å². The van der Waals surface area contributed by atoms with Gasteiger partial charge in [0.05, 0.1) is 10.4 Å². The largest absolute Gasteiger partial charge is 0.341 e. The Hall–Kier alpha value is -1.22. The topological polar surface area (TPSA) is 92.5 Å². The van der Waals surface area contributed by atoms with E-state index in [0.29, 0.717) is 32.4 Å². The third kappa shape index (κ3) is 5.64. The maximum Gasteiger partial charge on any atom is 0.242 e. The molecule has 1 unspecified atom stereocenters. The summed E-state index contributed by atoms with van der Waals surface area (Å²) in [5.74, 6) is -0.572. The Labute approximate surface area is 160 Å². The number of benzene rings is 1. The summed E-state index contributed by atoms with van der Waals surface area (Å²) in [5, 5.41) is 0. The molecule has 1 fully saturated rings. The number of likely N-dealkylation sites (tertiary alicyclic amines) is 1. The standard InChI is InChI=1S/C17H26FN3O3S.ClH/c1-3-10-17(2,19)16(22)21-11-8-14(9-12-21)20-25(23,24)15-6-4-13(18)5-7-15;/h4-7,14,20H,3,8-12,19H2,1-2H3;1H. The smallest absolute Gasteiger partial charge is 0.242 e. The number of carbonyl (C=O) groups is 1. The maximum atomic E-state index is 12.9. The molecular formula is C17H27ClFN3O3S. The van der Waals surface area contributed by atoms with Crippen molar-refractivity contribution < 1.29 is 17.6 Å². The molecule has 148 valence electrons. The average Bonchev–Trinajstić information content (AvgIpc) is 2.55. The van der Waals surface area contributed by atoms with Crippen molar-refractivity contribution in [2.45, 2.75) is 56.0 Å². The maximum absolute atomic E-state index is 12.9. The lowest BCUT2D eigenvalue weighted by Crippen LogP contribution is -2.56. The van der Waals surface area contributed by atoms with E-state index < -0.39 is 21.4 Å². The first-order valence-electron chi connectivity index (χ1n) is 8.52. The molecule has 6 nitrogen and oxygen atoms in total. The second-order valence-electron chi connectivity index (χ2n) is 6.81. The summed E-state index contributed by atoms with van der Waals surface area (Å²) < 4.78 is 40.3. The Balaban J connectivity index is 0.00000338. The van der Waals surface area contributed by atoms with Crippen molar-refractivity contribution in [1.82, 2.24) is 9.62 Å². The van der Waals surface area contributed by atoms with E-state index in [0.717, 1.165) is 18.6 Å². The molecule has 0 spiro atoms. The molecule has 0 saturated carbocycles. The van der Waals surface area contributed by atoms with Gasteiger partial charge in [-0.05, 0) is 50.5 Å². The second-order valence-corrected chi connectivity index (χ2v) is 8.52. The van der Waals surface area contributed by atoms with Gasteiger partial charge in [0, 0.05) is 19.1 Å². The van der Waals surface area contributed by atoms with Crippen molar-refractivity contribution >= 4 is 28.3 Å². The van der Waals surface area contributed by atoms with Gasteiger partial charge in [-0.2, -0.15) is 0 Å². The molecule has 1 aliphatic rings. The summed E-state index contributed by atoms with van der Waals surface area (Å²) in [4.78, 5) is 14.2. The molecule has 1 aliphatic heterocycles. The van der Waals surface area contributed by atoms with Gasteiger partial charge in [-0.15, -0.1) is 12.4 Å². The first-order chi connectivity index (χ1) is 11.7. The van der Waals surface area contributed by atoms with Crippen LogP contribution in [-0.4, -0.2) is 43.9 Å². The van der Waals surface area contributed by atoms with Gasteiger partial charge in [0.2, 0.25) is 15.9 Å². The van der Waals surface area contributed by atoms with E-state index in [1.807, 2.05) is 6.92 Å². The number of piperidine rings is 1. The third-order valence-corrected chi connectivity index (χ3v) is 6.02. The summed E-state index contributed by atoms with van der Waals surface area (Å²) >= 11 is 0. The summed E-state index contributed by atoms with van der Waals surface area (Å²) in [6, 6.07) is 4.45. The number of amides is 1. The van der Waals surface area contributed by atoms with E-state index in [2.05, 4.69) is 4.72 Å². The molecule has 3 N–H and O–H groups in total. The van der Waals surface area contributed by atoms with Crippen LogP contribution in [0.4, 0.5) is 4.39 Å². The molecule has 9 heteroatoms. The predicted molar refractivity (Wildman–Crippen MR) is 101 cm³/mol. The highest BCUT2D eigenvalue weighted by Crippen LogP contribution is 2.19. The van der Waals surface area contributed by atoms with E-state index in [9.17, 15) is 17.6 Å². The lowest BCUT2D eigenvalue weighted by atomic mass is 9.94. The highest BCUT2D eigenvalue weighted by molar-refractivity contribution is 7.89. The fourth-order valence-electron chi connectivity index (χ4n) is 3.09. The van der Waals surface area contributed by atoms with Crippen molar-refractivity contribution in [3.8, 4) is 0 Å². The third-order valence-electron chi connectivity index (χ3n) is 4.49. The Morgan fingerprint density at radius 3 is 2.35 bits per heavy atom. The summed E-state index contributed by atoms with van der Waals surface area (Å²) in [6.07, 6.45) is 2.48. The molecule has 0 radical (unpaired) electrons. The zero-order valence-corrected chi connectivity index (χ0v) is 16.7. The van der Waals surface area contributed by atoms with E-state index in [-0.39, 0.29) is 29.3 Å². The van der Waals surface area contributed by atoms with Crippen molar-refractivity contribution in [2.75, 3.05) is 13.1 Å². The number of rotatable bonds is 6. The van der Waals surface area contributed by atoms with Crippen molar-refractivity contribution in [3.05, 3.63) is 30.1 Å². The van der Waals surface area contributed by atoms with E-state index in [4.69, 9.17) is 5.73 Å². The number of nitrogens with two attached hydrogens (primary N) is 1. The Morgan fingerprint density at radius 2 is 1.85 bits per heavy atom. The van der Waals surface area contributed by atoms with Crippen LogP contribution in [0.5, 0.6) is 0 Å². The lowest BCUT2D eigenvalue weighted by molar-refractivity contribution is -0.137. The van der Waals surface area contributed by atoms with Crippen LogP contribution in [0.15, 0.2) is 29.2 Å². The Morgan fingerprint density at radius 1 is 1.31 bits per heavy atom. The lowest BCUT2D eigenvalue weighted by Gasteiger charge is -2.37. The molecule has 2 rings (SSSR count). The number of hydrogen-bond donors (Lipinski definition) is 2. The molecular weight excluding hydrogens is 381 g/mol. The monoisotopic (exact) mass is 407 g/mol. The van der Waals surface area contributed by atoms with Gasteiger partial charge in [0.25, 0.3) is 0 Å². The van der Waals surface area contributed by atoms with Gasteiger partial charge in [0.15, 0.2) is 0 Å². The van der Waals surface area contributed by atoms with E-state index in [1.165, 1.54) is 12.1 Å². The highest BCUT2D eigenvalue weighted by atomic mass is 35.5. The molecule has 1 aromatic rings. The first kappa shape index (κ1) is 22.8. The average molecular weight is 408 g/mol. The van der Waals surface area contributed by atoms with Crippen LogP contribution in [0.25, 0.3) is 0 Å². The van der Waals surface area contributed by atoms with Gasteiger partial charge >= 0.3 is 0 Å². The van der Waals surface area contributed by atoms with Crippen molar-refractivity contribution in [3.63, 3.8) is 0 Å². The number of halogens is 2. The van der Waals surface area contributed by atoms with E-state index in [1.54, 1.807) is 11.8 Å². The zero-order chi connectivity index (χ0) is 18.7. The van der Waals surface area contributed by atoms with Crippen LogP contribution in [0, 0.1) is 5.82 Å². The number of carbonyl (C=O) groups excluding carboxylic acids is 1. The Kier molecular flexibility index (Phi) is 8.01. The minimum absolute atomic E-state index is 0. The number of sulfonamides is 1. The van der Waals surface area contributed by atoms with Crippen molar-refractivity contribution in [2.24, 2.45) is 5.73 Å². The zero-order valence-electron chi connectivity index (χ0n) is 15.1. The molecule has 0 aliphatic carbocycles. The summed E-state index contributed by atoms with van der Waals surface area (Å²) in [6.45, 7) is 4.65. The molecule has 1 saturated heterocycles. The fraction of sp³-hybridized carbons (Fsp3) is 0.588. The van der Waals surface area contributed by atoms with Crippen LogP contribution < -0.4 is 10.5 Å². The van der Waals surface area contributed by atoms with Crippen LogP contribution in [0.3, 0.4) is 0 Å². The minimum Gasteiger partial charge on any atom is -0.341 e. The predicted octanol–water partition coefficient (Wildman–Crippen LogP) is 2.03. The fourth-order valence-corrected chi connectivity index (χ4v) is 4.39. The summed E-state index contributed by atoms with van der Waals surface area (Å²) in [5.41, 5.74) is 5.21. The van der Waals surface area contributed by atoms with Crippen LogP contribution >= 0.6 is 12.4 Å². The molecule has 1 atom stereocenters. The van der Waals surface area contributed by atoms with Gasteiger partial charge < -0.3 is 10.6 Å². The molecule has 0 aromatic heterocycles. The quantitative estimate of drug-likeness (QED) is 0.754. The second kappa shape index (κ2) is 9.12. The highest BCUT2D eigenvalue weighted by Gasteiger charge is 2.34.